The molecular weight excluding hydrogens is 439 g/mol. The highest BCUT2D eigenvalue weighted by atomic mass is 19.1. The summed E-state index contributed by atoms with van der Waals surface area (Å²) in [5.41, 5.74) is 4.62. The van der Waals surface area contributed by atoms with Crippen LogP contribution in [0.3, 0.4) is 0 Å². The lowest BCUT2D eigenvalue weighted by molar-refractivity contribution is 0.160. The predicted molar refractivity (Wildman–Crippen MR) is 141 cm³/mol. The molecule has 186 valence electrons. The number of hydrogen-bond donors (Lipinski definition) is 0. The number of piperazine rings is 1. The number of ether oxygens (including phenoxy) is 2. The van der Waals surface area contributed by atoms with Crippen molar-refractivity contribution in [3.05, 3.63) is 89.2 Å². The van der Waals surface area contributed by atoms with Crippen LogP contribution in [0.2, 0.25) is 0 Å². The molecule has 4 nitrogen and oxygen atoms in total. The van der Waals surface area contributed by atoms with Crippen molar-refractivity contribution >= 4 is 5.69 Å². The second kappa shape index (κ2) is 11.6. The first-order valence-electron chi connectivity index (χ1n) is 12.6. The zero-order valence-corrected chi connectivity index (χ0v) is 21.3. The monoisotopic (exact) mass is 476 g/mol. The standard InChI is InChI=1S/C30H37FN2O2/c1-22(2)25-19-23(3)20-27(21-25)35-29(24-9-11-26(31)12-10-24)13-14-32-15-17-33(18-16-32)28-7-5-6-8-30(28)34-4/h5-12,19-22,29H,13-18H2,1-4H3. The molecular formula is C30H37FN2O2. The van der Waals surface area contributed by atoms with Gasteiger partial charge in [-0.1, -0.05) is 44.2 Å². The summed E-state index contributed by atoms with van der Waals surface area (Å²) in [6.45, 7) is 11.3. The van der Waals surface area contributed by atoms with Gasteiger partial charge in [0.25, 0.3) is 0 Å². The van der Waals surface area contributed by atoms with Gasteiger partial charge in [-0.3, -0.25) is 4.90 Å². The van der Waals surface area contributed by atoms with Crippen LogP contribution in [0.1, 0.15) is 49.0 Å². The molecule has 1 atom stereocenters. The van der Waals surface area contributed by atoms with Crippen LogP contribution in [0.25, 0.3) is 0 Å². The van der Waals surface area contributed by atoms with E-state index in [-0.39, 0.29) is 11.9 Å². The number of nitrogens with zero attached hydrogens (tertiary/aromatic N) is 2. The Morgan fingerprint density at radius 1 is 0.886 bits per heavy atom. The van der Waals surface area contributed by atoms with E-state index in [0.717, 1.165) is 61.9 Å². The summed E-state index contributed by atoms with van der Waals surface area (Å²) in [5.74, 6) is 2.01. The first-order valence-corrected chi connectivity index (χ1v) is 12.6. The average Bonchev–Trinajstić information content (AvgIpc) is 2.87. The number of aryl methyl sites for hydroxylation is 1. The lowest BCUT2D eigenvalue weighted by Gasteiger charge is -2.37. The molecule has 1 aliphatic heterocycles. The Hall–Kier alpha value is -3.05. The Labute approximate surface area is 209 Å². The Morgan fingerprint density at radius 3 is 2.29 bits per heavy atom. The number of hydrogen-bond acceptors (Lipinski definition) is 4. The largest absolute Gasteiger partial charge is 0.495 e. The van der Waals surface area contributed by atoms with Gasteiger partial charge in [0.15, 0.2) is 0 Å². The topological polar surface area (TPSA) is 24.9 Å². The summed E-state index contributed by atoms with van der Waals surface area (Å²) in [6.07, 6.45) is 0.704. The van der Waals surface area contributed by atoms with Crippen LogP contribution in [0, 0.1) is 12.7 Å². The normalized spacial score (nSPS) is 15.3. The summed E-state index contributed by atoms with van der Waals surface area (Å²) in [7, 11) is 1.73. The summed E-state index contributed by atoms with van der Waals surface area (Å²) < 4.78 is 25.7. The molecule has 3 aromatic carbocycles. The van der Waals surface area contributed by atoms with Crippen LogP contribution in [0.4, 0.5) is 10.1 Å². The van der Waals surface area contributed by atoms with Crippen molar-refractivity contribution < 1.29 is 13.9 Å². The molecule has 4 rings (SSSR count). The van der Waals surface area contributed by atoms with E-state index in [1.807, 2.05) is 24.3 Å². The molecule has 0 aromatic heterocycles. The molecule has 0 radical (unpaired) electrons. The van der Waals surface area contributed by atoms with E-state index in [1.165, 1.54) is 23.3 Å². The Balaban J connectivity index is 1.42. The van der Waals surface area contributed by atoms with Crippen LogP contribution >= 0.6 is 0 Å². The van der Waals surface area contributed by atoms with E-state index in [1.54, 1.807) is 7.11 Å². The average molecular weight is 477 g/mol. The number of methoxy groups -OCH3 is 1. The van der Waals surface area contributed by atoms with Gasteiger partial charge in [0.1, 0.15) is 23.4 Å². The second-order valence-corrected chi connectivity index (χ2v) is 9.68. The number of para-hydroxylation sites is 2. The van der Waals surface area contributed by atoms with E-state index in [9.17, 15) is 4.39 Å². The van der Waals surface area contributed by atoms with Gasteiger partial charge in [-0.05, 0) is 65.9 Å². The molecule has 0 saturated carbocycles. The molecule has 1 saturated heterocycles. The molecule has 3 aromatic rings. The van der Waals surface area contributed by atoms with Gasteiger partial charge in [0.05, 0.1) is 12.8 Å². The zero-order valence-electron chi connectivity index (χ0n) is 21.3. The summed E-state index contributed by atoms with van der Waals surface area (Å²) in [5, 5.41) is 0. The minimum absolute atomic E-state index is 0.135. The Morgan fingerprint density at radius 2 is 1.60 bits per heavy atom. The van der Waals surface area contributed by atoms with Crippen LogP contribution in [0.5, 0.6) is 11.5 Å². The van der Waals surface area contributed by atoms with Crippen LogP contribution in [-0.4, -0.2) is 44.7 Å². The molecule has 5 heteroatoms. The molecule has 1 unspecified atom stereocenters. The molecule has 0 N–H and O–H groups in total. The van der Waals surface area contributed by atoms with Gasteiger partial charge in [0, 0.05) is 39.1 Å². The smallest absolute Gasteiger partial charge is 0.142 e. The summed E-state index contributed by atoms with van der Waals surface area (Å²) in [6, 6.07) is 21.4. The third kappa shape index (κ3) is 6.55. The molecule has 35 heavy (non-hydrogen) atoms. The summed E-state index contributed by atoms with van der Waals surface area (Å²) >= 11 is 0. The van der Waals surface area contributed by atoms with E-state index in [2.05, 4.69) is 60.9 Å². The fourth-order valence-electron chi connectivity index (χ4n) is 4.72. The Kier molecular flexibility index (Phi) is 8.29. The van der Waals surface area contributed by atoms with Crippen LogP contribution in [0.15, 0.2) is 66.7 Å². The van der Waals surface area contributed by atoms with Crippen molar-refractivity contribution in [3.8, 4) is 11.5 Å². The highest BCUT2D eigenvalue weighted by Gasteiger charge is 2.22. The minimum Gasteiger partial charge on any atom is -0.495 e. The van der Waals surface area contributed by atoms with Gasteiger partial charge in [-0.2, -0.15) is 0 Å². The Bertz CT molecular complexity index is 1090. The van der Waals surface area contributed by atoms with Crippen molar-refractivity contribution in [2.45, 2.75) is 39.2 Å². The molecule has 1 heterocycles. The van der Waals surface area contributed by atoms with Crippen LogP contribution < -0.4 is 14.4 Å². The number of rotatable bonds is 9. The van der Waals surface area contributed by atoms with Crippen molar-refractivity contribution in [1.29, 1.82) is 0 Å². The van der Waals surface area contributed by atoms with Gasteiger partial charge >= 0.3 is 0 Å². The zero-order chi connectivity index (χ0) is 24.8. The van der Waals surface area contributed by atoms with Gasteiger partial charge in [-0.25, -0.2) is 4.39 Å². The first kappa shape index (κ1) is 25.1. The van der Waals surface area contributed by atoms with Crippen molar-refractivity contribution in [3.63, 3.8) is 0 Å². The number of halogens is 1. The molecule has 0 amide bonds. The maximum Gasteiger partial charge on any atom is 0.142 e. The van der Waals surface area contributed by atoms with Crippen molar-refractivity contribution in [2.24, 2.45) is 0 Å². The van der Waals surface area contributed by atoms with Gasteiger partial charge in [-0.15, -0.1) is 0 Å². The maximum atomic E-state index is 13.6. The third-order valence-electron chi connectivity index (χ3n) is 6.77. The van der Waals surface area contributed by atoms with E-state index in [0.29, 0.717) is 5.92 Å². The minimum atomic E-state index is -0.224. The molecule has 0 bridgehead atoms. The molecule has 1 aliphatic rings. The fourth-order valence-corrected chi connectivity index (χ4v) is 4.72. The van der Waals surface area contributed by atoms with Crippen molar-refractivity contribution in [2.75, 3.05) is 44.7 Å². The van der Waals surface area contributed by atoms with Gasteiger partial charge < -0.3 is 14.4 Å². The maximum absolute atomic E-state index is 13.6. The lowest BCUT2D eigenvalue weighted by Crippen LogP contribution is -2.47. The SMILES string of the molecule is COc1ccccc1N1CCN(CCC(Oc2cc(C)cc(C(C)C)c2)c2ccc(F)cc2)CC1. The lowest BCUT2D eigenvalue weighted by atomic mass is 10.0. The molecule has 0 spiro atoms. The molecule has 1 fully saturated rings. The summed E-state index contributed by atoms with van der Waals surface area (Å²) in [4.78, 5) is 4.88. The number of benzene rings is 3. The highest BCUT2D eigenvalue weighted by Crippen LogP contribution is 2.31. The third-order valence-corrected chi connectivity index (χ3v) is 6.77. The van der Waals surface area contributed by atoms with E-state index >= 15 is 0 Å². The first-order chi connectivity index (χ1) is 16.9. The highest BCUT2D eigenvalue weighted by molar-refractivity contribution is 5.58. The second-order valence-electron chi connectivity index (χ2n) is 9.68. The number of anilines is 1. The van der Waals surface area contributed by atoms with E-state index in [4.69, 9.17) is 9.47 Å². The van der Waals surface area contributed by atoms with Gasteiger partial charge in [0.2, 0.25) is 0 Å². The predicted octanol–water partition coefficient (Wildman–Crippen LogP) is 6.60. The van der Waals surface area contributed by atoms with E-state index < -0.39 is 0 Å². The fraction of sp³-hybridized carbons (Fsp3) is 0.400. The quantitative estimate of drug-likeness (QED) is 0.347. The molecule has 0 aliphatic carbocycles. The van der Waals surface area contributed by atoms with Crippen LogP contribution in [-0.2, 0) is 0 Å². The van der Waals surface area contributed by atoms with Crippen molar-refractivity contribution in [1.82, 2.24) is 4.90 Å².